The van der Waals surface area contributed by atoms with E-state index < -0.39 is 30.0 Å². The molecule has 0 radical (unpaired) electrons. The molecule has 0 spiro atoms. The van der Waals surface area contributed by atoms with Crippen molar-refractivity contribution in [2.45, 2.75) is 57.7 Å². The highest BCUT2D eigenvalue weighted by molar-refractivity contribution is 6.62. The lowest BCUT2D eigenvalue weighted by atomic mass is 9.77. The molecule has 1 saturated carbocycles. The van der Waals surface area contributed by atoms with Gasteiger partial charge in [0.15, 0.2) is 0 Å². The SMILES string of the molecule is CC1(C)OB(c2c(F)cc(C3CC3)cc2F)OC1(C)C. The summed E-state index contributed by atoms with van der Waals surface area (Å²) in [6, 6.07) is 2.84. The van der Waals surface area contributed by atoms with Crippen molar-refractivity contribution in [3.63, 3.8) is 0 Å². The van der Waals surface area contributed by atoms with Crippen molar-refractivity contribution in [1.82, 2.24) is 0 Å². The quantitative estimate of drug-likeness (QED) is 0.775. The second kappa shape index (κ2) is 4.28. The Hall–Kier alpha value is -0.935. The lowest BCUT2D eigenvalue weighted by molar-refractivity contribution is 0.00578. The normalized spacial score (nSPS) is 24.2. The summed E-state index contributed by atoms with van der Waals surface area (Å²) >= 11 is 0. The maximum Gasteiger partial charge on any atom is 0.500 e. The zero-order valence-electron chi connectivity index (χ0n) is 12.3. The highest BCUT2D eigenvalue weighted by Crippen LogP contribution is 2.41. The molecule has 0 N–H and O–H groups in total. The summed E-state index contributed by atoms with van der Waals surface area (Å²) in [6.45, 7) is 7.45. The molecule has 1 aliphatic carbocycles. The standard InChI is InChI=1S/C15H19BF2O2/c1-14(2)15(3,4)20-16(19-14)13-11(17)7-10(8-12(13)18)9-5-6-9/h7-9H,5-6H2,1-4H3. The Morgan fingerprint density at radius 2 is 1.45 bits per heavy atom. The molecule has 1 aromatic carbocycles. The molecule has 0 atom stereocenters. The zero-order valence-corrected chi connectivity index (χ0v) is 12.3. The van der Waals surface area contributed by atoms with Gasteiger partial charge in [0.25, 0.3) is 0 Å². The molecule has 2 fully saturated rings. The first-order valence-corrected chi connectivity index (χ1v) is 7.06. The third-order valence-electron chi connectivity index (χ3n) is 4.64. The minimum absolute atomic E-state index is 0.118. The van der Waals surface area contributed by atoms with Crippen LogP contribution in [0.25, 0.3) is 0 Å². The van der Waals surface area contributed by atoms with E-state index in [4.69, 9.17) is 9.31 Å². The monoisotopic (exact) mass is 280 g/mol. The highest BCUT2D eigenvalue weighted by Gasteiger charge is 2.53. The molecule has 108 valence electrons. The number of hydrogen-bond acceptors (Lipinski definition) is 2. The van der Waals surface area contributed by atoms with Gasteiger partial charge in [-0.05, 0) is 64.2 Å². The van der Waals surface area contributed by atoms with Crippen LogP contribution in [0.2, 0.25) is 0 Å². The molecule has 20 heavy (non-hydrogen) atoms. The largest absolute Gasteiger partial charge is 0.500 e. The predicted octanol–water partition coefficient (Wildman–Crippen LogP) is 3.14. The topological polar surface area (TPSA) is 18.5 Å². The van der Waals surface area contributed by atoms with Gasteiger partial charge in [-0.25, -0.2) is 8.78 Å². The van der Waals surface area contributed by atoms with E-state index >= 15 is 0 Å². The van der Waals surface area contributed by atoms with Gasteiger partial charge in [0.2, 0.25) is 0 Å². The van der Waals surface area contributed by atoms with Crippen LogP contribution >= 0.6 is 0 Å². The summed E-state index contributed by atoms with van der Waals surface area (Å²) in [5, 5.41) is 0. The number of hydrogen-bond donors (Lipinski definition) is 0. The molecule has 5 heteroatoms. The summed E-state index contributed by atoms with van der Waals surface area (Å²) in [5.41, 5.74) is -0.592. The summed E-state index contributed by atoms with van der Waals surface area (Å²) in [5.74, 6) is -0.845. The van der Waals surface area contributed by atoms with E-state index in [1.165, 1.54) is 12.1 Å². The Morgan fingerprint density at radius 1 is 1.00 bits per heavy atom. The van der Waals surface area contributed by atoms with Crippen LogP contribution in [-0.4, -0.2) is 18.3 Å². The summed E-state index contributed by atoms with van der Waals surface area (Å²) in [7, 11) is -0.992. The second-order valence-corrected chi connectivity index (χ2v) is 6.76. The van der Waals surface area contributed by atoms with Crippen LogP contribution in [-0.2, 0) is 9.31 Å². The predicted molar refractivity (Wildman–Crippen MR) is 74.0 cm³/mol. The average Bonchev–Trinajstić information content (AvgIpc) is 3.06. The fourth-order valence-electron chi connectivity index (χ4n) is 2.44. The lowest BCUT2D eigenvalue weighted by Crippen LogP contribution is -2.41. The van der Waals surface area contributed by atoms with Gasteiger partial charge in [-0.3, -0.25) is 0 Å². The van der Waals surface area contributed by atoms with Crippen LogP contribution in [0.1, 0.15) is 52.0 Å². The molecule has 1 aromatic rings. The van der Waals surface area contributed by atoms with E-state index in [2.05, 4.69) is 0 Å². The van der Waals surface area contributed by atoms with E-state index in [1.807, 2.05) is 27.7 Å². The van der Waals surface area contributed by atoms with Crippen molar-refractivity contribution >= 4 is 12.6 Å². The van der Waals surface area contributed by atoms with Crippen LogP contribution in [0.5, 0.6) is 0 Å². The zero-order chi connectivity index (χ0) is 14.7. The van der Waals surface area contributed by atoms with Crippen molar-refractivity contribution in [2.24, 2.45) is 0 Å². The molecule has 0 aromatic heterocycles. The van der Waals surface area contributed by atoms with Crippen LogP contribution in [0.4, 0.5) is 8.78 Å². The second-order valence-electron chi connectivity index (χ2n) is 6.76. The van der Waals surface area contributed by atoms with Crippen LogP contribution in [0.15, 0.2) is 12.1 Å². The van der Waals surface area contributed by atoms with Crippen LogP contribution < -0.4 is 5.46 Å². The van der Waals surface area contributed by atoms with Gasteiger partial charge in [-0.15, -0.1) is 0 Å². The lowest BCUT2D eigenvalue weighted by Gasteiger charge is -2.32. The van der Waals surface area contributed by atoms with Crippen molar-refractivity contribution in [3.05, 3.63) is 29.3 Å². The van der Waals surface area contributed by atoms with Gasteiger partial charge in [0.05, 0.1) is 16.7 Å². The Morgan fingerprint density at radius 3 is 1.85 bits per heavy atom. The summed E-state index contributed by atoms with van der Waals surface area (Å²) < 4.78 is 40.0. The molecule has 2 nitrogen and oxygen atoms in total. The number of rotatable bonds is 2. The molecular weight excluding hydrogens is 261 g/mol. The number of halogens is 2. The van der Waals surface area contributed by atoms with Crippen molar-refractivity contribution < 1.29 is 18.1 Å². The van der Waals surface area contributed by atoms with Gasteiger partial charge in [0.1, 0.15) is 11.6 Å². The Bertz CT molecular complexity index is 514. The fourth-order valence-corrected chi connectivity index (χ4v) is 2.44. The van der Waals surface area contributed by atoms with Crippen LogP contribution in [0, 0.1) is 11.6 Å². The van der Waals surface area contributed by atoms with Gasteiger partial charge in [0, 0.05) is 0 Å². The Labute approximate surface area is 118 Å². The van der Waals surface area contributed by atoms with Gasteiger partial charge < -0.3 is 9.31 Å². The molecular formula is C15H19BF2O2. The van der Waals surface area contributed by atoms with Gasteiger partial charge in [-0.1, -0.05) is 0 Å². The van der Waals surface area contributed by atoms with Crippen molar-refractivity contribution in [2.75, 3.05) is 0 Å². The van der Waals surface area contributed by atoms with E-state index in [1.54, 1.807) is 0 Å². The molecule has 0 unspecified atom stereocenters. The summed E-state index contributed by atoms with van der Waals surface area (Å²) in [4.78, 5) is 0. The molecule has 1 saturated heterocycles. The first-order chi connectivity index (χ1) is 9.21. The molecule has 2 aliphatic rings. The van der Waals surface area contributed by atoms with E-state index in [0.29, 0.717) is 5.92 Å². The molecule has 0 bridgehead atoms. The fraction of sp³-hybridized carbons (Fsp3) is 0.600. The first kappa shape index (κ1) is 14.0. The van der Waals surface area contributed by atoms with E-state index in [-0.39, 0.29) is 5.46 Å². The van der Waals surface area contributed by atoms with Gasteiger partial charge in [-0.2, -0.15) is 0 Å². The maximum atomic E-state index is 14.3. The number of benzene rings is 1. The van der Waals surface area contributed by atoms with Crippen molar-refractivity contribution in [1.29, 1.82) is 0 Å². The van der Waals surface area contributed by atoms with E-state index in [0.717, 1.165) is 18.4 Å². The van der Waals surface area contributed by atoms with Gasteiger partial charge >= 0.3 is 7.12 Å². The molecule has 3 rings (SSSR count). The van der Waals surface area contributed by atoms with Crippen LogP contribution in [0.3, 0.4) is 0 Å². The van der Waals surface area contributed by atoms with Crippen molar-refractivity contribution in [3.8, 4) is 0 Å². The molecule has 1 heterocycles. The molecule has 1 aliphatic heterocycles. The minimum atomic E-state index is -0.992. The Kier molecular flexibility index (Phi) is 3.00. The summed E-state index contributed by atoms with van der Waals surface area (Å²) in [6.07, 6.45) is 2.02. The minimum Gasteiger partial charge on any atom is -0.399 e. The third kappa shape index (κ3) is 2.17. The first-order valence-electron chi connectivity index (χ1n) is 7.06. The highest BCUT2D eigenvalue weighted by atomic mass is 19.1. The van der Waals surface area contributed by atoms with E-state index in [9.17, 15) is 8.78 Å². The smallest absolute Gasteiger partial charge is 0.399 e. The third-order valence-corrected chi connectivity index (χ3v) is 4.64. The average molecular weight is 280 g/mol. The Balaban J connectivity index is 1.95. The maximum absolute atomic E-state index is 14.3. The molecule has 0 amide bonds.